The molecule has 0 amide bonds. The van der Waals surface area contributed by atoms with E-state index in [4.69, 9.17) is 4.74 Å². The van der Waals surface area contributed by atoms with Crippen LogP contribution in [-0.4, -0.2) is 23.6 Å². The highest BCUT2D eigenvalue weighted by Gasteiger charge is 2.17. The molecular formula is C9H16O3S. The van der Waals surface area contributed by atoms with E-state index in [0.29, 0.717) is 13.0 Å². The van der Waals surface area contributed by atoms with Crippen molar-refractivity contribution in [2.45, 2.75) is 38.4 Å². The molecule has 0 heterocycles. The van der Waals surface area contributed by atoms with Gasteiger partial charge in [0.15, 0.2) is 0 Å². The van der Waals surface area contributed by atoms with Crippen molar-refractivity contribution >= 4 is 24.4 Å². The Morgan fingerprint density at radius 3 is 2.46 bits per heavy atom. The predicted molar refractivity (Wildman–Crippen MR) is 53.9 cm³/mol. The molecule has 13 heavy (non-hydrogen) atoms. The summed E-state index contributed by atoms with van der Waals surface area (Å²) >= 11 is 4.00. The summed E-state index contributed by atoms with van der Waals surface area (Å²) < 4.78 is 4.72. The molecule has 0 aromatic heterocycles. The standard InChI is InChI=1S/C9H16O3S/c1-3-5-7(10)6-8(13)9(11)12-4-2/h8,13H,3-6H2,1-2H3. The van der Waals surface area contributed by atoms with Gasteiger partial charge >= 0.3 is 5.97 Å². The van der Waals surface area contributed by atoms with Crippen LogP contribution in [0.2, 0.25) is 0 Å². The maximum Gasteiger partial charge on any atom is 0.319 e. The van der Waals surface area contributed by atoms with Crippen LogP contribution in [0.5, 0.6) is 0 Å². The summed E-state index contributed by atoms with van der Waals surface area (Å²) in [6.07, 6.45) is 1.49. The first-order chi connectivity index (χ1) is 6.11. The number of esters is 1. The van der Waals surface area contributed by atoms with E-state index >= 15 is 0 Å². The van der Waals surface area contributed by atoms with Gasteiger partial charge in [0.2, 0.25) is 0 Å². The largest absolute Gasteiger partial charge is 0.465 e. The topological polar surface area (TPSA) is 43.4 Å². The average Bonchev–Trinajstić information content (AvgIpc) is 2.05. The summed E-state index contributed by atoms with van der Waals surface area (Å²) in [5.74, 6) is -0.342. The summed E-state index contributed by atoms with van der Waals surface area (Å²) in [4.78, 5) is 22.1. The third-order valence-corrected chi connectivity index (χ3v) is 1.90. The SMILES string of the molecule is CCCC(=O)CC(S)C(=O)OCC. The maximum atomic E-state index is 11.1. The van der Waals surface area contributed by atoms with Crippen molar-refractivity contribution in [3.8, 4) is 0 Å². The first-order valence-corrected chi connectivity index (χ1v) is 4.99. The van der Waals surface area contributed by atoms with Gasteiger partial charge in [-0.25, -0.2) is 0 Å². The monoisotopic (exact) mass is 204 g/mol. The summed E-state index contributed by atoms with van der Waals surface area (Å²) in [6.45, 7) is 3.99. The highest BCUT2D eigenvalue weighted by molar-refractivity contribution is 7.81. The molecule has 1 unspecified atom stereocenters. The molecule has 0 saturated carbocycles. The predicted octanol–water partition coefficient (Wildman–Crippen LogP) is 1.61. The Morgan fingerprint density at radius 1 is 1.38 bits per heavy atom. The smallest absolute Gasteiger partial charge is 0.319 e. The van der Waals surface area contributed by atoms with E-state index in [9.17, 15) is 9.59 Å². The lowest BCUT2D eigenvalue weighted by molar-refractivity contribution is -0.143. The summed E-state index contributed by atoms with van der Waals surface area (Å²) in [6, 6.07) is 0. The van der Waals surface area contributed by atoms with Crippen molar-refractivity contribution in [3.05, 3.63) is 0 Å². The van der Waals surface area contributed by atoms with Crippen molar-refractivity contribution < 1.29 is 14.3 Å². The van der Waals surface area contributed by atoms with E-state index < -0.39 is 11.2 Å². The highest BCUT2D eigenvalue weighted by Crippen LogP contribution is 2.07. The maximum absolute atomic E-state index is 11.1. The first-order valence-electron chi connectivity index (χ1n) is 4.48. The zero-order valence-corrected chi connectivity index (χ0v) is 8.97. The lowest BCUT2D eigenvalue weighted by Crippen LogP contribution is -2.21. The minimum atomic E-state index is -0.598. The van der Waals surface area contributed by atoms with Gasteiger partial charge in [-0.15, -0.1) is 0 Å². The Kier molecular flexibility index (Phi) is 6.68. The van der Waals surface area contributed by atoms with Gasteiger partial charge in [0.05, 0.1) is 6.61 Å². The molecule has 0 aromatic rings. The van der Waals surface area contributed by atoms with Gasteiger partial charge in [0.1, 0.15) is 11.0 Å². The van der Waals surface area contributed by atoms with Crippen LogP contribution in [0.1, 0.15) is 33.1 Å². The van der Waals surface area contributed by atoms with E-state index in [0.717, 1.165) is 6.42 Å². The Labute approximate surface area is 84.3 Å². The molecule has 0 saturated heterocycles. The van der Waals surface area contributed by atoms with E-state index in [2.05, 4.69) is 12.6 Å². The second kappa shape index (κ2) is 6.95. The third-order valence-electron chi connectivity index (χ3n) is 1.51. The lowest BCUT2D eigenvalue weighted by Gasteiger charge is -2.07. The second-order valence-corrected chi connectivity index (χ2v) is 3.38. The summed E-state index contributed by atoms with van der Waals surface area (Å²) in [7, 11) is 0. The van der Waals surface area contributed by atoms with Crippen LogP contribution in [0.25, 0.3) is 0 Å². The zero-order valence-electron chi connectivity index (χ0n) is 8.08. The van der Waals surface area contributed by atoms with Crippen LogP contribution in [0.3, 0.4) is 0 Å². The number of Topliss-reactive ketones (excluding diaryl/α,β-unsaturated/α-hetero) is 1. The normalized spacial score (nSPS) is 12.2. The van der Waals surface area contributed by atoms with Gasteiger partial charge in [-0.05, 0) is 13.3 Å². The number of carbonyl (C=O) groups excluding carboxylic acids is 2. The minimum Gasteiger partial charge on any atom is -0.465 e. The number of thiol groups is 1. The zero-order chi connectivity index (χ0) is 10.3. The molecule has 0 bridgehead atoms. The molecule has 0 aromatic carbocycles. The van der Waals surface area contributed by atoms with E-state index in [1.807, 2.05) is 6.92 Å². The fourth-order valence-electron chi connectivity index (χ4n) is 0.918. The number of carbonyl (C=O) groups is 2. The third kappa shape index (κ3) is 5.69. The van der Waals surface area contributed by atoms with E-state index in [1.165, 1.54) is 0 Å². The molecule has 76 valence electrons. The number of rotatable bonds is 6. The number of hydrogen-bond donors (Lipinski definition) is 1. The number of ketones is 1. The van der Waals surface area contributed by atoms with Gasteiger partial charge < -0.3 is 4.74 Å². The molecule has 0 spiro atoms. The number of ether oxygens (including phenoxy) is 1. The lowest BCUT2D eigenvalue weighted by atomic mass is 10.1. The molecule has 0 aliphatic rings. The summed E-state index contributed by atoms with van der Waals surface area (Å²) in [5, 5.41) is -0.598. The van der Waals surface area contributed by atoms with Gasteiger partial charge in [-0.1, -0.05) is 6.92 Å². The fraction of sp³-hybridized carbons (Fsp3) is 0.778. The highest BCUT2D eigenvalue weighted by atomic mass is 32.1. The molecule has 4 heteroatoms. The van der Waals surface area contributed by atoms with Gasteiger partial charge in [0, 0.05) is 12.8 Å². The van der Waals surface area contributed by atoms with Crippen molar-refractivity contribution in [2.75, 3.05) is 6.61 Å². The van der Waals surface area contributed by atoms with Crippen LogP contribution < -0.4 is 0 Å². The average molecular weight is 204 g/mol. The molecule has 0 aliphatic carbocycles. The molecule has 0 N–H and O–H groups in total. The molecule has 1 atom stereocenters. The van der Waals surface area contributed by atoms with Crippen molar-refractivity contribution in [1.29, 1.82) is 0 Å². The Balaban J connectivity index is 3.78. The Hall–Kier alpha value is -0.510. The molecule has 0 radical (unpaired) electrons. The van der Waals surface area contributed by atoms with E-state index in [-0.39, 0.29) is 12.2 Å². The Morgan fingerprint density at radius 2 is 2.00 bits per heavy atom. The van der Waals surface area contributed by atoms with Crippen molar-refractivity contribution in [1.82, 2.24) is 0 Å². The molecule has 0 fully saturated rings. The van der Waals surface area contributed by atoms with Crippen LogP contribution >= 0.6 is 12.6 Å². The Bertz CT molecular complexity index is 180. The second-order valence-electron chi connectivity index (χ2n) is 2.76. The van der Waals surface area contributed by atoms with Gasteiger partial charge in [-0.3, -0.25) is 9.59 Å². The van der Waals surface area contributed by atoms with Crippen molar-refractivity contribution in [3.63, 3.8) is 0 Å². The van der Waals surface area contributed by atoms with Gasteiger partial charge in [-0.2, -0.15) is 12.6 Å². The molecular weight excluding hydrogens is 188 g/mol. The first kappa shape index (κ1) is 12.5. The molecule has 0 aliphatic heterocycles. The summed E-state index contributed by atoms with van der Waals surface area (Å²) in [5.41, 5.74) is 0. The quantitative estimate of drug-likeness (QED) is 0.528. The minimum absolute atomic E-state index is 0.0653. The van der Waals surface area contributed by atoms with Crippen molar-refractivity contribution in [2.24, 2.45) is 0 Å². The van der Waals surface area contributed by atoms with Crippen LogP contribution in [0, 0.1) is 0 Å². The fourth-order valence-corrected chi connectivity index (χ4v) is 1.20. The molecule has 3 nitrogen and oxygen atoms in total. The molecule has 0 rings (SSSR count). The van der Waals surface area contributed by atoms with Crippen LogP contribution in [0.4, 0.5) is 0 Å². The van der Waals surface area contributed by atoms with Crippen LogP contribution in [-0.2, 0) is 14.3 Å². The van der Waals surface area contributed by atoms with Gasteiger partial charge in [0.25, 0.3) is 0 Å². The van der Waals surface area contributed by atoms with Crippen LogP contribution in [0.15, 0.2) is 0 Å². The number of hydrogen-bond acceptors (Lipinski definition) is 4. The van der Waals surface area contributed by atoms with E-state index in [1.54, 1.807) is 6.92 Å².